The van der Waals surface area contributed by atoms with Crippen LogP contribution in [-0.4, -0.2) is 37.7 Å². The van der Waals surface area contributed by atoms with Gasteiger partial charge >= 0.3 is 30.9 Å². The molecule has 4 nitrogen and oxygen atoms in total. The Morgan fingerprint density at radius 3 is 1.12 bits per heavy atom. The van der Waals surface area contributed by atoms with Gasteiger partial charge in [-0.1, -0.05) is 0 Å². The topological polar surface area (TPSA) is 77.8 Å². The van der Waals surface area contributed by atoms with E-state index in [-0.39, 0.29) is 50.7 Å². The van der Waals surface area contributed by atoms with Crippen molar-refractivity contribution in [3.63, 3.8) is 0 Å². The summed E-state index contributed by atoms with van der Waals surface area (Å²) in [4.78, 5) is 21.6. The van der Waals surface area contributed by atoms with Gasteiger partial charge < -0.3 is 17.5 Å². The first-order valence-electron chi connectivity index (χ1n) is 0.783. The predicted molar refractivity (Wildman–Crippen MR) is 36.7 cm³/mol. The fraction of sp³-hybridized carbons (Fsp3) is 0. The zero-order valence-electron chi connectivity index (χ0n) is 5.72. The molecule has 0 bridgehead atoms. The van der Waals surface area contributed by atoms with Crippen molar-refractivity contribution in [1.82, 2.24) is 0 Å². The van der Waals surface area contributed by atoms with Crippen LogP contribution in [0, 0.1) is 0 Å². The molecule has 8 heteroatoms. The number of phosphoric acid groups is 1. The minimum absolute atomic E-state index is 0. The minimum atomic E-state index is -4.64. The summed E-state index contributed by atoms with van der Waals surface area (Å²) in [5.74, 6) is 0. The normalized spacial score (nSPS) is 7.38. The molecule has 0 aromatic rings. The van der Waals surface area contributed by atoms with E-state index in [0.717, 1.165) is 0 Å². The first-order valence-corrected chi connectivity index (χ1v) is 2.35. The number of hydrogen-bond acceptors (Lipinski definition) is 1. The third-order valence-electron chi connectivity index (χ3n) is 0. The van der Waals surface area contributed by atoms with Crippen LogP contribution in [-0.2, 0) is 4.57 Å². The molecule has 0 atom stereocenters. The molecule has 0 rings (SSSR count). The Morgan fingerprint density at radius 2 is 1.12 bits per heavy atom. The molecule has 3 N–H and O–H groups in total. The first-order chi connectivity index (χ1) is 2.00. The molecule has 0 unspecified atom stereocenters. The van der Waals surface area contributed by atoms with Crippen molar-refractivity contribution in [3.8, 4) is 0 Å². The molecule has 0 aromatic carbocycles. The van der Waals surface area contributed by atoms with Gasteiger partial charge in [-0.3, -0.25) is 0 Å². The maximum Gasteiger partial charge on any atom is 2.00 e. The summed E-state index contributed by atoms with van der Waals surface area (Å²) in [6, 6.07) is 0. The Morgan fingerprint density at radius 1 is 1.12 bits per heavy atom. The molecule has 0 saturated carbocycles. The summed E-state index contributed by atoms with van der Waals surface area (Å²) in [6.45, 7) is 0. The molecule has 0 aliphatic heterocycles. The van der Waals surface area contributed by atoms with Crippen LogP contribution < -0.4 is 0 Å². The van der Waals surface area contributed by atoms with Crippen molar-refractivity contribution >= 4 is 55.7 Å². The fourth-order valence-corrected chi connectivity index (χ4v) is 0. The second-order valence-electron chi connectivity index (χ2n) is 0.513. The van der Waals surface area contributed by atoms with E-state index in [0.29, 0.717) is 0 Å². The standard InChI is InChI=1S/2ClH.Mg.H3O4P.2H/c;;;1-5(2,3)4;;/h2*1H;;(H3,1,2,3,4);;/q;;+2;;2*-1. The smallest absolute Gasteiger partial charge is 1.00 e. The van der Waals surface area contributed by atoms with Gasteiger partial charge in [0.1, 0.15) is 0 Å². The van der Waals surface area contributed by atoms with Crippen LogP contribution in [0.4, 0.5) is 0 Å². The third kappa shape index (κ3) is 147. The molecule has 0 aromatic heterocycles. The van der Waals surface area contributed by atoms with Crippen molar-refractivity contribution in [3.05, 3.63) is 0 Å². The molecule has 0 aliphatic rings. The Labute approximate surface area is 77.9 Å². The second-order valence-corrected chi connectivity index (χ2v) is 1.54. The van der Waals surface area contributed by atoms with Crippen molar-refractivity contribution in [2.75, 3.05) is 0 Å². The van der Waals surface area contributed by atoms with Crippen LogP contribution in [0.2, 0.25) is 0 Å². The molecular formula is H7Cl2MgO4P. The zero-order valence-corrected chi connectivity index (χ0v) is 7.66. The van der Waals surface area contributed by atoms with E-state index < -0.39 is 7.82 Å². The van der Waals surface area contributed by atoms with Gasteiger partial charge in [0.05, 0.1) is 0 Å². The number of halogens is 2. The summed E-state index contributed by atoms with van der Waals surface area (Å²) in [6.07, 6.45) is 0. The van der Waals surface area contributed by atoms with Gasteiger partial charge in [0.2, 0.25) is 0 Å². The molecule has 0 heterocycles. The Bertz CT molecular complexity index is 67.4. The average Bonchev–Trinajstić information content (AvgIpc) is 0.722. The summed E-state index contributed by atoms with van der Waals surface area (Å²) >= 11 is 0. The second kappa shape index (κ2) is 8.46. The van der Waals surface area contributed by atoms with Crippen molar-refractivity contribution in [1.29, 1.82) is 0 Å². The van der Waals surface area contributed by atoms with E-state index >= 15 is 0 Å². The van der Waals surface area contributed by atoms with E-state index in [1.807, 2.05) is 0 Å². The molecule has 0 radical (unpaired) electrons. The number of rotatable bonds is 0. The fourth-order valence-electron chi connectivity index (χ4n) is 0. The Balaban J connectivity index is -0.00000000800. The molecule has 52 valence electrons. The minimum Gasteiger partial charge on any atom is -1.00 e. The first kappa shape index (κ1) is 22.7. The van der Waals surface area contributed by atoms with Crippen molar-refractivity contribution in [2.24, 2.45) is 0 Å². The van der Waals surface area contributed by atoms with Gasteiger partial charge in [-0.15, -0.1) is 24.8 Å². The van der Waals surface area contributed by atoms with E-state index in [1.165, 1.54) is 0 Å². The van der Waals surface area contributed by atoms with Gasteiger partial charge in [0.15, 0.2) is 0 Å². The molecule has 0 spiro atoms. The molecule has 0 amide bonds. The zero-order chi connectivity index (χ0) is 4.50. The van der Waals surface area contributed by atoms with E-state index in [9.17, 15) is 0 Å². The summed E-state index contributed by atoms with van der Waals surface area (Å²) in [5, 5.41) is 0. The van der Waals surface area contributed by atoms with Crippen LogP contribution in [0.1, 0.15) is 2.85 Å². The van der Waals surface area contributed by atoms with Crippen LogP contribution in [0.15, 0.2) is 0 Å². The predicted octanol–water partition coefficient (Wildman–Crippen LogP) is -0.241. The van der Waals surface area contributed by atoms with Gasteiger partial charge in [-0.05, 0) is 0 Å². The Kier molecular flexibility index (Phi) is 24.0. The molecule has 0 aliphatic carbocycles. The molecular weight excluding hydrogens is 190 g/mol. The van der Waals surface area contributed by atoms with E-state index in [2.05, 4.69) is 0 Å². The maximum absolute atomic E-state index is 8.88. The van der Waals surface area contributed by atoms with Crippen LogP contribution in [0.3, 0.4) is 0 Å². The monoisotopic (exact) mass is 196 g/mol. The molecule has 8 heavy (non-hydrogen) atoms. The van der Waals surface area contributed by atoms with Crippen molar-refractivity contribution < 1.29 is 22.1 Å². The SMILES string of the molecule is Cl.Cl.O=P(O)(O)O.[H-].[H-].[Mg+2]. The van der Waals surface area contributed by atoms with E-state index in [4.69, 9.17) is 19.2 Å². The third-order valence-corrected chi connectivity index (χ3v) is 0. The number of hydrogen-bond donors (Lipinski definition) is 3. The van der Waals surface area contributed by atoms with Crippen LogP contribution in [0.5, 0.6) is 0 Å². The van der Waals surface area contributed by atoms with Crippen molar-refractivity contribution in [2.45, 2.75) is 0 Å². The van der Waals surface area contributed by atoms with Crippen LogP contribution >= 0.6 is 32.6 Å². The maximum atomic E-state index is 8.88. The van der Waals surface area contributed by atoms with E-state index in [1.54, 1.807) is 0 Å². The van der Waals surface area contributed by atoms with Gasteiger partial charge in [-0.25, -0.2) is 4.57 Å². The van der Waals surface area contributed by atoms with Gasteiger partial charge in [0.25, 0.3) is 0 Å². The average molecular weight is 197 g/mol. The summed E-state index contributed by atoms with van der Waals surface area (Å²) in [5.41, 5.74) is 0. The summed E-state index contributed by atoms with van der Waals surface area (Å²) in [7, 11) is -4.64. The van der Waals surface area contributed by atoms with Gasteiger partial charge in [0, 0.05) is 0 Å². The van der Waals surface area contributed by atoms with Gasteiger partial charge in [-0.2, -0.15) is 0 Å². The van der Waals surface area contributed by atoms with Crippen LogP contribution in [0.25, 0.3) is 0 Å². The molecule has 0 fully saturated rings. The quantitative estimate of drug-likeness (QED) is 0.370. The largest absolute Gasteiger partial charge is 2.00 e. The Hall–Kier alpha value is 1.46. The summed E-state index contributed by atoms with van der Waals surface area (Å²) < 4.78 is 8.88. The molecule has 0 saturated heterocycles.